The van der Waals surface area contributed by atoms with E-state index in [1.165, 1.54) is 0 Å². The summed E-state index contributed by atoms with van der Waals surface area (Å²) in [7, 11) is 0. The Hall–Kier alpha value is -0.610. The highest BCUT2D eigenvalue weighted by Crippen LogP contribution is 1.88. The molecule has 0 saturated carbocycles. The predicted molar refractivity (Wildman–Crippen MR) is 50.8 cm³/mol. The van der Waals surface area contributed by atoms with E-state index in [1.54, 1.807) is 0 Å². The summed E-state index contributed by atoms with van der Waals surface area (Å²) in [6, 6.07) is 0. The van der Waals surface area contributed by atoms with Crippen LogP contribution in [0.5, 0.6) is 0 Å². The molecule has 78 valence electrons. The summed E-state index contributed by atoms with van der Waals surface area (Å²) >= 11 is 0. The molecule has 0 fully saturated rings. The number of hydrogen-bond donors (Lipinski definition) is 2. The van der Waals surface area contributed by atoms with Gasteiger partial charge in [-0.05, 0) is 19.4 Å². The SMILES string of the molecule is CCCCOCCCNCC(=O)O. The fourth-order valence-corrected chi connectivity index (χ4v) is 0.843. The van der Waals surface area contributed by atoms with E-state index in [2.05, 4.69) is 12.2 Å². The lowest BCUT2D eigenvalue weighted by Crippen LogP contribution is -2.24. The fourth-order valence-electron chi connectivity index (χ4n) is 0.843. The van der Waals surface area contributed by atoms with E-state index in [9.17, 15) is 4.79 Å². The van der Waals surface area contributed by atoms with Crippen LogP contribution < -0.4 is 5.32 Å². The molecular weight excluding hydrogens is 170 g/mol. The van der Waals surface area contributed by atoms with Gasteiger partial charge in [0.15, 0.2) is 0 Å². The molecule has 0 saturated heterocycles. The number of nitrogens with one attached hydrogen (secondary N) is 1. The maximum Gasteiger partial charge on any atom is 0.317 e. The van der Waals surface area contributed by atoms with Crippen molar-refractivity contribution in [3.63, 3.8) is 0 Å². The number of carboxylic acids is 1. The molecule has 0 aliphatic heterocycles. The van der Waals surface area contributed by atoms with Gasteiger partial charge >= 0.3 is 5.97 Å². The number of unbranched alkanes of at least 4 members (excludes halogenated alkanes) is 1. The lowest BCUT2D eigenvalue weighted by Gasteiger charge is -2.03. The van der Waals surface area contributed by atoms with Crippen molar-refractivity contribution in [2.24, 2.45) is 0 Å². The van der Waals surface area contributed by atoms with Gasteiger partial charge in [0.2, 0.25) is 0 Å². The zero-order valence-electron chi connectivity index (χ0n) is 8.21. The van der Waals surface area contributed by atoms with Crippen molar-refractivity contribution in [1.29, 1.82) is 0 Å². The lowest BCUT2D eigenvalue weighted by atomic mass is 10.4. The maximum absolute atomic E-state index is 10.1. The summed E-state index contributed by atoms with van der Waals surface area (Å²) in [5.41, 5.74) is 0. The Morgan fingerprint density at radius 3 is 2.69 bits per heavy atom. The second-order valence-corrected chi connectivity index (χ2v) is 2.89. The summed E-state index contributed by atoms with van der Waals surface area (Å²) in [5.74, 6) is -0.813. The number of rotatable bonds is 9. The molecule has 0 spiro atoms. The number of carboxylic acid groups (broad SMARTS) is 1. The predicted octanol–water partition coefficient (Wildman–Crippen LogP) is 0.867. The van der Waals surface area contributed by atoms with Crippen molar-refractivity contribution in [2.75, 3.05) is 26.3 Å². The van der Waals surface area contributed by atoms with E-state index in [1.807, 2.05) is 0 Å². The van der Waals surface area contributed by atoms with E-state index in [0.717, 1.165) is 25.9 Å². The molecule has 2 N–H and O–H groups in total. The van der Waals surface area contributed by atoms with Gasteiger partial charge in [0.1, 0.15) is 0 Å². The maximum atomic E-state index is 10.1. The van der Waals surface area contributed by atoms with Gasteiger partial charge in [-0.25, -0.2) is 0 Å². The Morgan fingerprint density at radius 1 is 1.38 bits per heavy atom. The first kappa shape index (κ1) is 12.4. The van der Waals surface area contributed by atoms with Crippen molar-refractivity contribution in [1.82, 2.24) is 5.32 Å². The molecule has 0 aromatic heterocycles. The van der Waals surface area contributed by atoms with Crippen molar-refractivity contribution < 1.29 is 14.6 Å². The Bertz CT molecular complexity index is 128. The largest absolute Gasteiger partial charge is 0.480 e. The molecule has 0 aliphatic rings. The first-order valence-electron chi connectivity index (χ1n) is 4.77. The Balaban J connectivity index is 2.87. The Labute approximate surface area is 79.3 Å². The molecule has 0 bridgehead atoms. The van der Waals surface area contributed by atoms with Crippen molar-refractivity contribution in [2.45, 2.75) is 26.2 Å². The van der Waals surface area contributed by atoms with Crippen LogP contribution in [0, 0.1) is 0 Å². The van der Waals surface area contributed by atoms with Crippen LogP contribution in [-0.4, -0.2) is 37.4 Å². The molecule has 13 heavy (non-hydrogen) atoms. The van der Waals surface area contributed by atoms with Gasteiger partial charge in [-0.3, -0.25) is 4.79 Å². The van der Waals surface area contributed by atoms with Crippen LogP contribution in [0.15, 0.2) is 0 Å². The summed E-state index contributed by atoms with van der Waals surface area (Å²) in [6.07, 6.45) is 3.12. The minimum absolute atomic E-state index is 0.0367. The summed E-state index contributed by atoms with van der Waals surface area (Å²) in [5, 5.41) is 11.1. The van der Waals surface area contributed by atoms with Crippen LogP contribution in [0.1, 0.15) is 26.2 Å². The molecule has 0 unspecified atom stereocenters. The molecule has 0 aliphatic carbocycles. The van der Waals surface area contributed by atoms with E-state index < -0.39 is 5.97 Å². The first-order chi connectivity index (χ1) is 6.27. The van der Waals surface area contributed by atoms with Crippen LogP contribution in [0.2, 0.25) is 0 Å². The van der Waals surface area contributed by atoms with Crippen LogP contribution in [0.3, 0.4) is 0 Å². The van der Waals surface area contributed by atoms with Crippen LogP contribution >= 0.6 is 0 Å². The van der Waals surface area contributed by atoms with Gasteiger partial charge < -0.3 is 15.2 Å². The van der Waals surface area contributed by atoms with Gasteiger partial charge in [0.25, 0.3) is 0 Å². The molecule has 0 rings (SSSR count). The third-order valence-corrected chi connectivity index (χ3v) is 1.56. The first-order valence-corrected chi connectivity index (χ1v) is 4.77. The number of carbonyl (C=O) groups is 1. The average Bonchev–Trinajstić information content (AvgIpc) is 2.09. The van der Waals surface area contributed by atoms with E-state index in [4.69, 9.17) is 9.84 Å². The van der Waals surface area contributed by atoms with Gasteiger partial charge in [-0.1, -0.05) is 13.3 Å². The quantitative estimate of drug-likeness (QED) is 0.528. The molecule has 0 aromatic rings. The third-order valence-electron chi connectivity index (χ3n) is 1.56. The molecule has 0 amide bonds. The lowest BCUT2D eigenvalue weighted by molar-refractivity contribution is -0.135. The Morgan fingerprint density at radius 2 is 2.08 bits per heavy atom. The van der Waals surface area contributed by atoms with Gasteiger partial charge in [0, 0.05) is 13.2 Å². The molecular formula is C9H19NO3. The van der Waals surface area contributed by atoms with Crippen molar-refractivity contribution in [3.8, 4) is 0 Å². The monoisotopic (exact) mass is 189 g/mol. The summed E-state index contributed by atoms with van der Waals surface area (Å²) in [4.78, 5) is 10.1. The van der Waals surface area contributed by atoms with E-state index >= 15 is 0 Å². The number of aliphatic carboxylic acids is 1. The number of ether oxygens (including phenoxy) is 1. The fraction of sp³-hybridized carbons (Fsp3) is 0.889. The van der Waals surface area contributed by atoms with Gasteiger partial charge in [-0.15, -0.1) is 0 Å². The molecule has 0 atom stereocenters. The molecule has 0 heterocycles. The second kappa shape index (κ2) is 9.48. The molecule has 0 radical (unpaired) electrons. The van der Waals surface area contributed by atoms with Gasteiger partial charge in [-0.2, -0.15) is 0 Å². The minimum Gasteiger partial charge on any atom is -0.480 e. The minimum atomic E-state index is -0.813. The van der Waals surface area contributed by atoms with Gasteiger partial charge in [0.05, 0.1) is 6.54 Å². The number of hydrogen-bond acceptors (Lipinski definition) is 3. The highest BCUT2D eigenvalue weighted by molar-refractivity contribution is 5.68. The van der Waals surface area contributed by atoms with Crippen molar-refractivity contribution in [3.05, 3.63) is 0 Å². The smallest absolute Gasteiger partial charge is 0.317 e. The van der Waals surface area contributed by atoms with Crippen LogP contribution in [0.4, 0.5) is 0 Å². The normalized spacial score (nSPS) is 10.2. The molecule has 4 nitrogen and oxygen atoms in total. The average molecular weight is 189 g/mol. The zero-order valence-corrected chi connectivity index (χ0v) is 8.21. The Kier molecular flexibility index (Phi) is 9.03. The zero-order chi connectivity index (χ0) is 9.94. The molecule has 4 heteroatoms. The highest BCUT2D eigenvalue weighted by Gasteiger charge is 1.94. The summed E-state index contributed by atoms with van der Waals surface area (Å²) < 4.78 is 5.29. The molecule has 0 aromatic carbocycles. The van der Waals surface area contributed by atoms with E-state index in [-0.39, 0.29) is 6.54 Å². The highest BCUT2D eigenvalue weighted by atomic mass is 16.5. The standard InChI is InChI=1S/C9H19NO3/c1-2-3-6-13-7-4-5-10-8-9(11)12/h10H,2-8H2,1H3,(H,11,12). The van der Waals surface area contributed by atoms with E-state index in [0.29, 0.717) is 13.2 Å². The van der Waals surface area contributed by atoms with Crippen LogP contribution in [-0.2, 0) is 9.53 Å². The summed E-state index contributed by atoms with van der Waals surface area (Å²) in [6.45, 7) is 4.40. The topological polar surface area (TPSA) is 58.6 Å². The van der Waals surface area contributed by atoms with Crippen LogP contribution in [0.25, 0.3) is 0 Å². The van der Waals surface area contributed by atoms with Crippen molar-refractivity contribution >= 4 is 5.97 Å². The second-order valence-electron chi connectivity index (χ2n) is 2.89. The third kappa shape index (κ3) is 11.4.